The van der Waals surface area contributed by atoms with Crippen LogP contribution in [0.25, 0.3) is 11.8 Å². The molecule has 2 aromatic rings. The Balaban J connectivity index is 2.40. The van der Waals surface area contributed by atoms with Crippen LogP contribution >= 0.6 is 0 Å². The molecule has 1 heterocycles. The maximum atomic E-state index is 10.5. The molecule has 0 saturated heterocycles. The number of aromatic nitrogens is 2. The van der Waals surface area contributed by atoms with Crippen molar-refractivity contribution < 1.29 is 14.6 Å². The van der Waals surface area contributed by atoms with E-state index >= 15 is 0 Å². The highest BCUT2D eigenvalue weighted by atomic mass is 16.5. The summed E-state index contributed by atoms with van der Waals surface area (Å²) in [4.78, 5) is 14.7. The molecule has 0 radical (unpaired) electrons. The average Bonchev–Trinajstić information content (AvgIpc) is 2.83. The lowest BCUT2D eigenvalue weighted by molar-refractivity contribution is -0.131. The van der Waals surface area contributed by atoms with Crippen molar-refractivity contribution in [2.24, 2.45) is 0 Å². The highest BCUT2D eigenvalue weighted by Gasteiger charge is 2.07. The number of hydrogen-bond donors (Lipinski definition) is 1. The Labute approximate surface area is 117 Å². The molecule has 0 bridgehead atoms. The van der Waals surface area contributed by atoms with Crippen molar-refractivity contribution in [3.05, 3.63) is 48.1 Å². The summed E-state index contributed by atoms with van der Waals surface area (Å²) in [5.74, 6) is -0.283. The minimum atomic E-state index is -0.975. The van der Waals surface area contributed by atoms with Crippen molar-refractivity contribution >= 4 is 12.0 Å². The molecule has 0 spiro atoms. The van der Waals surface area contributed by atoms with Gasteiger partial charge in [-0.25, -0.2) is 9.78 Å². The number of hydrogen-bond acceptors (Lipinski definition) is 3. The minimum absolute atomic E-state index is 0.535. The lowest BCUT2D eigenvalue weighted by atomic mass is 10.1. The lowest BCUT2D eigenvalue weighted by Gasteiger charge is -2.11. The fourth-order valence-corrected chi connectivity index (χ4v) is 1.84. The summed E-state index contributed by atoms with van der Waals surface area (Å²) in [5, 5.41) is 8.65. The summed E-state index contributed by atoms with van der Waals surface area (Å²) in [5.41, 5.74) is 2.57. The van der Waals surface area contributed by atoms with E-state index in [1.54, 1.807) is 6.33 Å². The van der Waals surface area contributed by atoms with Gasteiger partial charge in [-0.2, -0.15) is 0 Å². The summed E-state index contributed by atoms with van der Waals surface area (Å²) in [6.07, 6.45) is 6.27. The highest BCUT2D eigenvalue weighted by molar-refractivity contribution is 5.85. The summed E-state index contributed by atoms with van der Waals surface area (Å²) < 4.78 is 7.50. The second-order valence-electron chi connectivity index (χ2n) is 4.25. The molecule has 0 aliphatic carbocycles. The standard InChI is InChI=1S/C15H16N2O3/c1-3-20-14-8-12(5-7-15(18)19)4-6-13(14)17-9-11(2)16-10-17/h4-10H,3H2,1-2H3,(H,18,19). The van der Waals surface area contributed by atoms with Gasteiger partial charge in [-0.3, -0.25) is 0 Å². The van der Waals surface area contributed by atoms with Crippen LogP contribution in [0.2, 0.25) is 0 Å². The van der Waals surface area contributed by atoms with Gasteiger partial charge in [0.1, 0.15) is 5.75 Å². The van der Waals surface area contributed by atoms with Crippen LogP contribution in [0.3, 0.4) is 0 Å². The van der Waals surface area contributed by atoms with E-state index in [-0.39, 0.29) is 0 Å². The molecule has 0 aliphatic heterocycles. The van der Waals surface area contributed by atoms with E-state index < -0.39 is 5.97 Å². The van der Waals surface area contributed by atoms with Crippen LogP contribution in [-0.2, 0) is 4.79 Å². The Kier molecular flexibility index (Phi) is 4.20. The SMILES string of the molecule is CCOc1cc(C=CC(=O)O)ccc1-n1cnc(C)c1. The summed E-state index contributed by atoms with van der Waals surface area (Å²) >= 11 is 0. The van der Waals surface area contributed by atoms with Crippen molar-refractivity contribution in [3.8, 4) is 11.4 Å². The third-order valence-corrected chi connectivity index (χ3v) is 2.69. The molecule has 0 unspecified atom stereocenters. The van der Waals surface area contributed by atoms with Crippen molar-refractivity contribution in [2.45, 2.75) is 13.8 Å². The molecule has 20 heavy (non-hydrogen) atoms. The summed E-state index contributed by atoms with van der Waals surface area (Å²) in [6, 6.07) is 5.54. The van der Waals surface area contributed by atoms with Gasteiger partial charge in [-0.05, 0) is 37.6 Å². The van der Waals surface area contributed by atoms with E-state index in [1.807, 2.05) is 42.8 Å². The molecule has 5 heteroatoms. The van der Waals surface area contributed by atoms with Crippen molar-refractivity contribution in [1.29, 1.82) is 0 Å². The third kappa shape index (κ3) is 3.26. The number of aryl methyl sites for hydroxylation is 1. The monoisotopic (exact) mass is 272 g/mol. The van der Waals surface area contributed by atoms with Gasteiger partial charge in [-0.15, -0.1) is 0 Å². The first-order valence-electron chi connectivity index (χ1n) is 6.29. The quantitative estimate of drug-likeness (QED) is 0.850. The number of imidazole rings is 1. The van der Waals surface area contributed by atoms with E-state index in [4.69, 9.17) is 9.84 Å². The van der Waals surface area contributed by atoms with Crippen molar-refractivity contribution in [2.75, 3.05) is 6.61 Å². The Morgan fingerprint density at radius 1 is 1.50 bits per heavy atom. The van der Waals surface area contributed by atoms with Gasteiger partial charge >= 0.3 is 5.97 Å². The maximum absolute atomic E-state index is 10.5. The molecule has 0 saturated carbocycles. The van der Waals surface area contributed by atoms with E-state index in [0.717, 1.165) is 23.0 Å². The zero-order valence-electron chi connectivity index (χ0n) is 11.4. The molecule has 1 aromatic heterocycles. The smallest absolute Gasteiger partial charge is 0.328 e. The number of nitrogens with zero attached hydrogens (tertiary/aromatic N) is 2. The first-order valence-corrected chi connectivity index (χ1v) is 6.29. The number of carboxylic acid groups (broad SMARTS) is 1. The Bertz CT molecular complexity index is 644. The highest BCUT2D eigenvalue weighted by Crippen LogP contribution is 2.25. The predicted molar refractivity (Wildman–Crippen MR) is 76.1 cm³/mol. The fourth-order valence-electron chi connectivity index (χ4n) is 1.84. The van der Waals surface area contributed by atoms with Crippen LogP contribution in [0.1, 0.15) is 18.2 Å². The Hall–Kier alpha value is -2.56. The van der Waals surface area contributed by atoms with Gasteiger partial charge in [0, 0.05) is 12.3 Å². The molecular formula is C15H16N2O3. The van der Waals surface area contributed by atoms with Crippen LogP contribution in [-0.4, -0.2) is 27.2 Å². The fraction of sp³-hybridized carbons (Fsp3) is 0.200. The summed E-state index contributed by atoms with van der Waals surface area (Å²) in [7, 11) is 0. The van der Waals surface area contributed by atoms with Gasteiger partial charge in [0.2, 0.25) is 0 Å². The van der Waals surface area contributed by atoms with Crippen LogP contribution < -0.4 is 4.74 Å². The molecule has 1 N–H and O–H groups in total. The Morgan fingerprint density at radius 3 is 2.90 bits per heavy atom. The second kappa shape index (κ2) is 6.06. The zero-order chi connectivity index (χ0) is 14.5. The number of carboxylic acids is 1. The molecular weight excluding hydrogens is 256 g/mol. The largest absolute Gasteiger partial charge is 0.492 e. The molecule has 0 atom stereocenters. The van der Waals surface area contributed by atoms with E-state index in [0.29, 0.717) is 12.4 Å². The van der Waals surface area contributed by atoms with Crippen LogP contribution in [0, 0.1) is 6.92 Å². The third-order valence-electron chi connectivity index (χ3n) is 2.69. The molecule has 104 valence electrons. The van der Waals surface area contributed by atoms with Crippen molar-refractivity contribution in [1.82, 2.24) is 9.55 Å². The first kappa shape index (κ1) is 13.9. The van der Waals surface area contributed by atoms with Crippen LogP contribution in [0.5, 0.6) is 5.75 Å². The van der Waals surface area contributed by atoms with E-state index in [2.05, 4.69) is 4.98 Å². The van der Waals surface area contributed by atoms with Gasteiger partial charge in [0.25, 0.3) is 0 Å². The van der Waals surface area contributed by atoms with Gasteiger partial charge in [0.15, 0.2) is 0 Å². The maximum Gasteiger partial charge on any atom is 0.328 e. The second-order valence-corrected chi connectivity index (χ2v) is 4.25. The lowest BCUT2D eigenvalue weighted by Crippen LogP contribution is -1.99. The van der Waals surface area contributed by atoms with Gasteiger partial charge in [-0.1, -0.05) is 6.07 Å². The number of carbonyl (C=O) groups is 1. The average molecular weight is 272 g/mol. The normalized spacial score (nSPS) is 10.9. The molecule has 0 fully saturated rings. The first-order chi connectivity index (χ1) is 9.60. The molecule has 0 aliphatic rings. The summed E-state index contributed by atoms with van der Waals surface area (Å²) in [6.45, 7) is 4.36. The molecule has 0 amide bonds. The number of benzene rings is 1. The van der Waals surface area contributed by atoms with Gasteiger partial charge < -0.3 is 14.4 Å². The molecule has 5 nitrogen and oxygen atoms in total. The van der Waals surface area contributed by atoms with E-state index in [9.17, 15) is 4.79 Å². The number of rotatable bonds is 5. The Morgan fingerprint density at radius 2 is 2.30 bits per heavy atom. The zero-order valence-corrected chi connectivity index (χ0v) is 11.4. The molecule has 2 rings (SSSR count). The molecule has 1 aromatic carbocycles. The minimum Gasteiger partial charge on any atom is -0.492 e. The van der Waals surface area contributed by atoms with E-state index in [1.165, 1.54) is 6.08 Å². The van der Waals surface area contributed by atoms with Gasteiger partial charge in [0.05, 0.1) is 24.3 Å². The number of ether oxygens (including phenoxy) is 1. The topological polar surface area (TPSA) is 64.3 Å². The number of aliphatic carboxylic acids is 1. The van der Waals surface area contributed by atoms with Crippen LogP contribution in [0.4, 0.5) is 0 Å². The van der Waals surface area contributed by atoms with Crippen molar-refractivity contribution in [3.63, 3.8) is 0 Å². The van der Waals surface area contributed by atoms with Crippen LogP contribution in [0.15, 0.2) is 36.8 Å². The predicted octanol–water partition coefficient (Wildman–Crippen LogP) is 2.68.